The first-order chi connectivity index (χ1) is 6.79. The first-order valence-electron chi connectivity index (χ1n) is 4.69. The van der Waals surface area contributed by atoms with Gasteiger partial charge >= 0.3 is 6.09 Å². The van der Waals surface area contributed by atoms with Gasteiger partial charge in [0.05, 0.1) is 0 Å². The molecule has 1 aliphatic carbocycles. The molecule has 1 amide bonds. The van der Waals surface area contributed by atoms with Gasteiger partial charge in [-0.05, 0) is 31.7 Å². The van der Waals surface area contributed by atoms with Crippen molar-refractivity contribution in [1.29, 1.82) is 0 Å². The summed E-state index contributed by atoms with van der Waals surface area (Å²) in [5, 5.41) is 6.21. The van der Waals surface area contributed by atoms with Crippen molar-refractivity contribution in [3.63, 3.8) is 0 Å². The minimum atomic E-state index is -0.637. The minimum Gasteiger partial charge on any atom is -0.446 e. The molecule has 0 aliphatic heterocycles. The van der Waals surface area contributed by atoms with E-state index in [2.05, 4.69) is 10.2 Å². The Balaban J connectivity index is 0.000000165. The highest BCUT2D eigenvalue weighted by Crippen LogP contribution is 2.20. The molecule has 78 valence electrons. The van der Waals surface area contributed by atoms with Crippen molar-refractivity contribution >= 4 is 6.09 Å². The lowest BCUT2D eigenvalue weighted by Gasteiger charge is -2.06. The normalized spacial score (nSPS) is 15.7. The number of nitrogens with two attached hydrogens (primary N) is 1. The van der Waals surface area contributed by atoms with E-state index in [0.29, 0.717) is 0 Å². The molecule has 0 aromatic carbocycles. The summed E-state index contributed by atoms with van der Waals surface area (Å²) in [5.74, 6) is 0. The van der Waals surface area contributed by atoms with Crippen molar-refractivity contribution in [3.8, 4) is 0 Å². The third-order valence-electron chi connectivity index (χ3n) is 1.99. The van der Waals surface area contributed by atoms with Gasteiger partial charge in [-0.25, -0.2) is 4.79 Å². The van der Waals surface area contributed by atoms with Crippen molar-refractivity contribution in [2.24, 2.45) is 5.73 Å². The lowest BCUT2D eigenvalue weighted by molar-refractivity contribution is 0.110. The van der Waals surface area contributed by atoms with E-state index in [1.54, 1.807) is 12.4 Å². The molecular weight excluding hydrogens is 182 g/mol. The van der Waals surface area contributed by atoms with Crippen molar-refractivity contribution in [2.45, 2.75) is 31.8 Å². The lowest BCUT2D eigenvalue weighted by Crippen LogP contribution is -2.19. The summed E-state index contributed by atoms with van der Waals surface area (Å²) >= 11 is 0. The minimum absolute atomic E-state index is 0.113. The number of hydrogen-bond donors (Lipinski definition) is 2. The zero-order chi connectivity index (χ0) is 10.2. The maximum atomic E-state index is 10.2. The summed E-state index contributed by atoms with van der Waals surface area (Å²) in [6.07, 6.45) is 7.24. The van der Waals surface area contributed by atoms with Gasteiger partial charge in [-0.3, -0.25) is 5.10 Å². The van der Waals surface area contributed by atoms with Gasteiger partial charge in [0.15, 0.2) is 0 Å². The van der Waals surface area contributed by atoms with Gasteiger partial charge < -0.3 is 10.5 Å². The molecule has 1 aliphatic rings. The Morgan fingerprint density at radius 1 is 1.50 bits per heavy atom. The third kappa shape index (κ3) is 4.49. The van der Waals surface area contributed by atoms with Gasteiger partial charge in [-0.15, -0.1) is 0 Å². The molecule has 0 bridgehead atoms. The van der Waals surface area contributed by atoms with Crippen LogP contribution in [0.5, 0.6) is 0 Å². The molecule has 1 heterocycles. The van der Waals surface area contributed by atoms with E-state index < -0.39 is 6.09 Å². The van der Waals surface area contributed by atoms with Gasteiger partial charge in [-0.1, -0.05) is 0 Å². The standard InChI is InChI=1S/C6H11NO2.C3H4N2/c7-6(8)9-5-3-1-2-4-5;1-2-4-5-3-1/h5H,1-4H2,(H2,7,8);1-3H,(H,4,5). The van der Waals surface area contributed by atoms with Crippen molar-refractivity contribution in [1.82, 2.24) is 10.2 Å². The number of amides is 1. The molecule has 0 spiro atoms. The topological polar surface area (TPSA) is 81.0 Å². The second-order valence-electron chi connectivity index (χ2n) is 3.11. The summed E-state index contributed by atoms with van der Waals surface area (Å²) < 4.78 is 4.75. The number of nitrogens with zero attached hydrogens (tertiary/aromatic N) is 1. The summed E-state index contributed by atoms with van der Waals surface area (Å²) in [4.78, 5) is 10.2. The largest absolute Gasteiger partial charge is 0.446 e. The second kappa shape index (κ2) is 6.01. The molecule has 1 fully saturated rings. The Morgan fingerprint density at radius 2 is 2.21 bits per heavy atom. The molecule has 1 aromatic rings. The first-order valence-corrected chi connectivity index (χ1v) is 4.69. The summed E-state index contributed by atoms with van der Waals surface area (Å²) in [6, 6.07) is 1.83. The highest BCUT2D eigenvalue weighted by atomic mass is 16.6. The zero-order valence-electron chi connectivity index (χ0n) is 7.98. The molecular formula is C9H15N3O2. The summed E-state index contributed by atoms with van der Waals surface area (Å²) in [7, 11) is 0. The van der Waals surface area contributed by atoms with Gasteiger partial charge in [0.2, 0.25) is 0 Å². The molecule has 1 saturated carbocycles. The summed E-state index contributed by atoms with van der Waals surface area (Å²) in [5.41, 5.74) is 4.81. The number of nitrogens with one attached hydrogen (secondary N) is 1. The van der Waals surface area contributed by atoms with Crippen LogP contribution < -0.4 is 5.73 Å². The molecule has 5 heteroatoms. The molecule has 3 N–H and O–H groups in total. The summed E-state index contributed by atoms with van der Waals surface area (Å²) in [6.45, 7) is 0. The zero-order valence-corrected chi connectivity index (χ0v) is 7.98. The number of hydrogen-bond acceptors (Lipinski definition) is 3. The number of H-pyrrole nitrogens is 1. The quantitative estimate of drug-likeness (QED) is 0.714. The van der Waals surface area contributed by atoms with Crippen LogP contribution in [0.2, 0.25) is 0 Å². The Kier molecular flexibility index (Phi) is 4.54. The molecule has 1 aromatic heterocycles. The number of rotatable bonds is 1. The van der Waals surface area contributed by atoms with Crippen LogP contribution in [0.3, 0.4) is 0 Å². The highest BCUT2D eigenvalue weighted by molar-refractivity contribution is 5.64. The van der Waals surface area contributed by atoms with E-state index in [9.17, 15) is 4.79 Å². The Labute approximate surface area is 82.6 Å². The van der Waals surface area contributed by atoms with Crippen LogP contribution in [0.25, 0.3) is 0 Å². The highest BCUT2D eigenvalue weighted by Gasteiger charge is 2.17. The number of aromatic nitrogens is 2. The van der Waals surface area contributed by atoms with E-state index in [0.717, 1.165) is 25.7 Å². The van der Waals surface area contributed by atoms with E-state index in [1.807, 2.05) is 6.07 Å². The Hall–Kier alpha value is -1.52. The van der Waals surface area contributed by atoms with Crippen LogP contribution in [-0.2, 0) is 4.74 Å². The fraction of sp³-hybridized carbons (Fsp3) is 0.556. The number of carbonyl (C=O) groups excluding carboxylic acids is 1. The molecule has 0 atom stereocenters. The van der Waals surface area contributed by atoms with Gasteiger partial charge in [0.1, 0.15) is 6.10 Å². The number of primary amides is 1. The van der Waals surface area contributed by atoms with Crippen LogP contribution >= 0.6 is 0 Å². The average molecular weight is 197 g/mol. The van der Waals surface area contributed by atoms with E-state index >= 15 is 0 Å². The fourth-order valence-corrected chi connectivity index (χ4v) is 1.39. The molecule has 2 rings (SSSR count). The predicted octanol–water partition coefficient (Wildman–Crippen LogP) is 1.43. The van der Waals surface area contributed by atoms with E-state index in [1.165, 1.54) is 0 Å². The predicted molar refractivity (Wildman–Crippen MR) is 51.5 cm³/mol. The Bertz CT molecular complexity index is 225. The van der Waals surface area contributed by atoms with Crippen molar-refractivity contribution in [3.05, 3.63) is 18.5 Å². The van der Waals surface area contributed by atoms with E-state index in [-0.39, 0.29) is 6.10 Å². The van der Waals surface area contributed by atoms with Crippen LogP contribution in [0.4, 0.5) is 4.79 Å². The molecule has 0 saturated heterocycles. The maximum Gasteiger partial charge on any atom is 0.404 e. The second-order valence-corrected chi connectivity index (χ2v) is 3.11. The van der Waals surface area contributed by atoms with Gasteiger partial charge in [0, 0.05) is 12.4 Å². The van der Waals surface area contributed by atoms with Crippen LogP contribution in [0.1, 0.15) is 25.7 Å². The molecule has 0 unspecified atom stereocenters. The van der Waals surface area contributed by atoms with Crippen LogP contribution in [-0.4, -0.2) is 22.4 Å². The lowest BCUT2D eigenvalue weighted by atomic mass is 10.3. The number of carbonyl (C=O) groups is 1. The SMILES string of the molecule is NC(=O)OC1CCCC1.c1cn[nH]c1. The third-order valence-corrected chi connectivity index (χ3v) is 1.99. The monoisotopic (exact) mass is 197 g/mol. The average Bonchev–Trinajstić information content (AvgIpc) is 2.75. The smallest absolute Gasteiger partial charge is 0.404 e. The van der Waals surface area contributed by atoms with Gasteiger partial charge in [-0.2, -0.15) is 5.10 Å². The maximum absolute atomic E-state index is 10.2. The number of ether oxygens (including phenoxy) is 1. The van der Waals surface area contributed by atoms with Gasteiger partial charge in [0.25, 0.3) is 0 Å². The molecule has 14 heavy (non-hydrogen) atoms. The number of aromatic amines is 1. The first kappa shape index (κ1) is 10.6. The van der Waals surface area contributed by atoms with Crippen molar-refractivity contribution in [2.75, 3.05) is 0 Å². The molecule has 0 radical (unpaired) electrons. The fourth-order valence-electron chi connectivity index (χ4n) is 1.39. The van der Waals surface area contributed by atoms with Crippen LogP contribution in [0.15, 0.2) is 18.5 Å². The van der Waals surface area contributed by atoms with Crippen LogP contribution in [0, 0.1) is 0 Å². The molecule has 5 nitrogen and oxygen atoms in total. The van der Waals surface area contributed by atoms with E-state index in [4.69, 9.17) is 10.5 Å². The van der Waals surface area contributed by atoms with Crippen molar-refractivity contribution < 1.29 is 9.53 Å². The Morgan fingerprint density at radius 3 is 2.57 bits per heavy atom.